The zero-order valence-electron chi connectivity index (χ0n) is 9.95. The molecule has 1 unspecified atom stereocenters. The summed E-state index contributed by atoms with van der Waals surface area (Å²) in [5.74, 6) is 0.0703. The molecule has 0 aromatic rings. The molecule has 0 bridgehead atoms. The minimum atomic E-state index is -0.540. The van der Waals surface area contributed by atoms with E-state index >= 15 is 0 Å². The third-order valence-corrected chi connectivity index (χ3v) is 4.32. The topological polar surface area (TPSA) is 37.3 Å². The first-order valence-electron chi connectivity index (χ1n) is 6.61. The predicted molar refractivity (Wildman–Crippen MR) is 64.3 cm³/mol. The lowest BCUT2D eigenvalue weighted by atomic mass is 9.67. The van der Waals surface area contributed by atoms with E-state index in [0.717, 1.165) is 44.9 Å². The number of carboxylic acids is 1. The number of carbonyl (C=O) groups is 1. The molecule has 0 amide bonds. The molecule has 2 aliphatic rings. The Morgan fingerprint density at radius 3 is 2.56 bits per heavy atom. The normalized spacial score (nSPS) is 28.9. The molecule has 0 radical (unpaired) electrons. The molecule has 1 saturated carbocycles. The van der Waals surface area contributed by atoms with Crippen molar-refractivity contribution in [2.75, 3.05) is 0 Å². The van der Waals surface area contributed by atoms with Crippen LogP contribution < -0.4 is 0 Å². The summed E-state index contributed by atoms with van der Waals surface area (Å²) in [7, 11) is 0. The second-order valence-corrected chi connectivity index (χ2v) is 5.50. The van der Waals surface area contributed by atoms with Gasteiger partial charge in [0.2, 0.25) is 0 Å². The van der Waals surface area contributed by atoms with Crippen molar-refractivity contribution >= 4 is 5.97 Å². The van der Waals surface area contributed by atoms with E-state index < -0.39 is 5.97 Å². The van der Waals surface area contributed by atoms with Gasteiger partial charge in [-0.2, -0.15) is 0 Å². The Bertz CT molecular complexity index is 274. The Labute approximate surface area is 97.7 Å². The second kappa shape index (κ2) is 5.03. The first kappa shape index (κ1) is 11.7. The summed E-state index contributed by atoms with van der Waals surface area (Å²) in [6, 6.07) is 0. The molecule has 1 fully saturated rings. The van der Waals surface area contributed by atoms with Crippen LogP contribution in [0.5, 0.6) is 0 Å². The number of rotatable bonds is 3. The van der Waals surface area contributed by atoms with Gasteiger partial charge in [0.15, 0.2) is 0 Å². The van der Waals surface area contributed by atoms with Crippen molar-refractivity contribution in [3.63, 3.8) is 0 Å². The van der Waals surface area contributed by atoms with Crippen LogP contribution in [0.4, 0.5) is 0 Å². The van der Waals surface area contributed by atoms with Crippen LogP contribution in [-0.2, 0) is 4.79 Å². The maximum atomic E-state index is 11.5. The van der Waals surface area contributed by atoms with E-state index in [1.54, 1.807) is 0 Å². The molecule has 2 nitrogen and oxygen atoms in total. The summed E-state index contributed by atoms with van der Waals surface area (Å²) in [4.78, 5) is 11.5. The van der Waals surface area contributed by atoms with Crippen LogP contribution in [-0.4, -0.2) is 11.1 Å². The Balaban J connectivity index is 2.01. The predicted octanol–water partition coefficient (Wildman–Crippen LogP) is 3.77. The van der Waals surface area contributed by atoms with Crippen LogP contribution in [0.25, 0.3) is 0 Å². The summed E-state index contributed by atoms with van der Waals surface area (Å²) in [6.45, 7) is 0. The van der Waals surface area contributed by atoms with Gasteiger partial charge in [-0.15, -0.1) is 0 Å². The molecule has 2 aliphatic carbocycles. The van der Waals surface area contributed by atoms with Gasteiger partial charge in [-0.1, -0.05) is 31.4 Å². The Hall–Kier alpha value is -0.790. The summed E-state index contributed by atoms with van der Waals surface area (Å²) in [5, 5.41) is 9.50. The van der Waals surface area contributed by atoms with Gasteiger partial charge in [-0.3, -0.25) is 4.79 Å². The summed E-state index contributed by atoms with van der Waals surface area (Å²) in [5.41, 5.74) is -0.381. The molecule has 2 heteroatoms. The zero-order valence-corrected chi connectivity index (χ0v) is 9.95. The third-order valence-electron chi connectivity index (χ3n) is 4.32. The molecular formula is C14H22O2. The van der Waals surface area contributed by atoms with E-state index in [4.69, 9.17) is 0 Å². The lowest BCUT2D eigenvalue weighted by Crippen LogP contribution is -2.35. The molecule has 0 aromatic carbocycles. The summed E-state index contributed by atoms with van der Waals surface area (Å²) in [6.07, 6.45) is 14.0. The van der Waals surface area contributed by atoms with E-state index in [2.05, 4.69) is 12.2 Å². The van der Waals surface area contributed by atoms with Crippen molar-refractivity contribution in [1.82, 2.24) is 0 Å². The molecule has 2 rings (SSSR count). The monoisotopic (exact) mass is 222 g/mol. The smallest absolute Gasteiger partial charge is 0.309 e. The summed E-state index contributed by atoms with van der Waals surface area (Å²) >= 11 is 0. The lowest BCUT2D eigenvalue weighted by molar-refractivity contribution is -0.152. The molecule has 16 heavy (non-hydrogen) atoms. The quantitative estimate of drug-likeness (QED) is 0.738. The van der Waals surface area contributed by atoms with Gasteiger partial charge in [0.05, 0.1) is 5.41 Å². The zero-order chi connectivity index (χ0) is 11.4. The SMILES string of the molecule is O=C(O)C1(CC2CC=CCC2)CCCCC1. The first-order valence-corrected chi connectivity index (χ1v) is 6.61. The van der Waals surface area contributed by atoms with Gasteiger partial charge in [-0.25, -0.2) is 0 Å². The van der Waals surface area contributed by atoms with Crippen LogP contribution in [0, 0.1) is 11.3 Å². The third kappa shape index (κ3) is 2.47. The Kier molecular flexibility index (Phi) is 3.67. The van der Waals surface area contributed by atoms with Crippen molar-refractivity contribution in [3.8, 4) is 0 Å². The molecule has 0 spiro atoms. The van der Waals surface area contributed by atoms with Crippen molar-refractivity contribution in [3.05, 3.63) is 12.2 Å². The maximum absolute atomic E-state index is 11.5. The minimum absolute atomic E-state index is 0.381. The highest BCUT2D eigenvalue weighted by Crippen LogP contribution is 2.43. The van der Waals surface area contributed by atoms with Crippen LogP contribution in [0.15, 0.2) is 12.2 Å². The maximum Gasteiger partial charge on any atom is 0.309 e. The number of hydrogen-bond acceptors (Lipinski definition) is 1. The van der Waals surface area contributed by atoms with E-state index in [-0.39, 0.29) is 5.41 Å². The van der Waals surface area contributed by atoms with Crippen LogP contribution in [0.2, 0.25) is 0 Å². The van der Waals surface area contributed by atoms with Gasteiger partial charge >= 0.3 is 5.97 Å². The fourth-order valence-electron chi connectivity index (χ4n) is 3.33. The fraction of sp³-hybridized carbons (Fsp3) is 0.786. The highest BCUT2D eigenvalue weighted by atomic mass is 16.4. The Morgan fingerprint density at radius 1 is 1.25 bits per heavy atom. The molecule has 0 aromatic heterocycles. The van der Waals surface area contributed by atoms with E-state index in [0.29, 0.717) is 5.92 Å². The number of aliphatic carboxylic acids is 1. The highest BCUT2D eigenvalue weighted by Gasteiger charge is 2.40. The van der Waals surface area contributed by atoms with E-state index in [1.165, 1.54) is 12.8 Å². The molecule has 0 aliphatic heterocycles. The minimum Gasteiger partial charge on any atom is -0.481 e. The Morgan fingerprint density at radius 2 is 2.00 bits per heavy atom. The highest BCUT2D eigenvalue weighted by molar-refractivity contribution is 5.74. The molecule has 0 heterocycles. The second-order valence-electron chi connectivity index (χ2n) is 5.50. The molecule has 1 N–H and O–H groups in total. The van der Waals surface area contributed by atoms with Gasteiger partial charge in [0, 0.05) is 0 Å². The van der Waals surface area contributed by atoms with Crippen molar-refractivity contribution in [1.29, 1.82) is 0 Å². The van der Waals surface area contributed by atoms with E-state index in [9.17, 15) is 9.90 Å². The van der Waals surface area contributed by atoms with Crippen LogP contribution in [0.3, 0.4) is 0 Å². The van der Waals surface area contributed by atoms with Gasteiger partial charge in [0.1, 0.15) is 0 Å². The molecule has 1 atom stereocenters. The average molecular weight is 222 g/mol. The van der Waals surface area contributed by atoms with Gasteiger partial charge < -0.3 is 5.11 Å². The average Bonchev–Trinajstić information content (AvgIpc) is 2.31. The molecular weight excluding hydrogens is 200 g/mol. The summed E-state index contributed by atoms with van der Waals surface area (Å²) < 4.78 is 0. The first-order chi connectivity index (χ1) is 7.73. The van der Waals surface area contributed by atoms with Crippen molar-refractivity contribution in [2.24, 2.45) is 11.3 Å². The van der Waals surface area contributed by atoms with E-state index in [1.807, 2.05) is 0 Å². The molecule has 90 valence electrons. The van der Waals surface area contributed by atoms with Crippen LogP contribution >= 0.6 is 0 Å². The fourth-order valence-corrected chi connectivity index (χ4v) is 3.33. The van der Waals surface area contributed by atoms with Gasteiger partial charge in [-0.05, 0) is 44.4 Å². The number of carboxylic acid groups (broad SMARTS) is 1. The largest absolute Gasteiger partial charge is 0.481 e. The standard InChI is InChI=1S/C14H22O2/c15-13(16)14(9-5-2-6-10-14)11-12-7-3-1-4-8-12/h1,3,12H,2,4-11H2,(H,15,16). The van der Waals surface area contributed by atoms with Crippen molar-refractivity contribution in [2.45, 2.75) is 57.8 Å². The lowest BCUT2D eigenvalue weighted by Gasteiger charge is -2.36. The molecule has 0 saturated heterocycles. The van der Waals surface area contributed by atoms with Crippen molar-refractivity contribution < 1.29 is 9.90 Å². The number of hydrogen-bond donors (Lipinski definition) is 1. The van der Waals surface area contributed by atoms with Crippen LogP contribution in [0.1, 0.15) is 57.8 Å². The van der Waals surface area contributed by atoms with Gasteiger partial charge in [0.25, 0.3) is 0 Å². The number of allylic oxidation sites excluding steroid dienone is 2.